The second kappa shape index (κ2) is 7.71. The van der Waals surface area contributed by atoms with Gasteiger partial charge >= 0.3 is 0 Å². The maximum absolute atomic E-state index is 4.61. The van der Waals surface area contributed by atoms with Crippen LogP contribution in [0, 0.1) is 0 Å². The molecule has 2 aliphatic carbocycles. The minimum atomic E-state index is 0. The zero-order valence-corrected chi connectivity index (χ0v) is 15.1. The summed E-state index contributed by atoms with van der Waals surface area (Å²) in [6, 6.07) is 11.6. The molecule has 2 aliphatic rings. The predicted molar refractivity (Wildman–Crippen MR) is 101 cm³/mol. The normalized spacial score (nSPS) is 19.7. The molecular formula is C20H28ClN3. The number of hydrogen-bond donors (Lipinski definition) is 1. The maximum Gasteiger partial charge on any atom is 0.0534 e. The van der Waals surface area contributed by atoms with E-state index in [0.717, 1.165) is 13.1 Å². The van der Waals surface area contributed by atoms with Gasteiger partial charge in [0.2, 0.25) is 0 Å². The summed E-state index contributed by atoms with van der Waals surface area (Å²) in [6.45, 7) is 2.01. The predicted octanol–water partition coefficient (Wildman–Crippen LogP) is 4.63. The summed E-state index contributed by atoms with van der Waals surface area (Å²) in [5.74, 6) is 0. The number of rotatable bonds is 6. The minimum absolute atomic E-state index is 0. The first-order chi connectivity index (χ1) is 11.4. The van der Waals surface area contributed by atoms with Crippen LogP contribution in [0.25, 0.3) is 0 Å². The van der Waals surface area contributed by atoms with Crippen molar-refractivity contribution in [1.82, 2.24) is 15.1 Å². The molecule has 2 fully saturated rings. The van der Waals surface area contributed by atoms with Crippen LogP contribution < -0.4 is 5.32 Å². The van der Waals surface area contributed by atoms with Gasteiger partial charge in [-0.2, -0.15) is 5.10 Å². The van der Waals surface area contributed by atoms with Crippen LogP contribution in [0.4, 0.5) is 0 Å². The number of halogens is 1. The van der Waals surface area contributed by atoms with Gasteiger partial charge in [0.1, 0.15) is 0 Å². The molecule has 0 aliphatic heterocycles. The number of benzene rings is 1. The SMILES string of the molecule is Cl.c1ccc(C2(CNCc3cnn(C4CCCCC4)c3)CC2)cc1. The molecule has 0 saturated heterocycles. The van der Waals surface area contributed by atoms with Gasteiger partial charge in [-0.15, -0.1) is 12.4 Å². The third kappa shape index (κ3) is 3.84. The van der Waals surface area contributed by atoms with Crippen molar-refractivity contribution in [3.8, 4) is 0 Å². The molecule has 2 aromatic rings. The fourth-order valence-corrected chi connectivity index (χ4v) is 3.97. The molecule has 4 rings (SSSR count). The van der Waals surface area contributed by atoms with E-state index in [4.69, 9.17) is 0 Å². The first-order valence-corrected chi connectivity index (χ1v) is 9.15. The summed E-state index contributed by atoms with van der Waals surface area (Å²) in [6.07, 6.45) is 13.6. The average molecular weight is 346 g/mol. The lowest BCUT2D eigenvalue weighted by atomic mass is 9.96. The van der Waals surface area contributed by atoms with E-state index in [9.17, 15) is 0 Å². The topological polar surface area (TPSA) is 29.9 Å². The monoisotopic (exact) mass is 345 g/mol. The first kappa shape index (κ1) is 17.5. The molecule has 0 amide bonds. The summed E-state index contributed by atoms with van der Waals surface area (Å²) >= 11 is 0. The fourth-order valence-electron chi connectivity index (χ4n) is 3.97. The summed E-state index contributed by atoms with van der Waals surface area (Å²) in [4.78, 5) is 0. The zero-order chi connectivity index (χ0) is 15.5. The Morgan fingerprint density at radius 3 is 2.54 bits per heavy atom. The van der Waals surface area contributed by atoms with E-state index >= 15 is 0 Å². The van der Waals surface area contributed by atoms with Crippen molar-refractivity contribution in [2.24, 2.45) is 0 Å². The van der Waals surface area contributed by atoms with E-state index in [1.165, 1.54) is 56.1 Å². The van der Waals surface area contributed by atoms with Gasteiger partial charge in [0.15, 0.2) is 0 Å². The summed E-state index contributed by atoms with van der Waals surface area (Å²) in [5, 5.41) is 8.27. The molecule has 0 bridgehead atoms. The highest BCUT2D eigenvalue weighted by Gasteiger charge is 2.43. The second-order valence-electron chi connectivity index (χ2n) is 7.37. The maximum atomic E-state index is 4.61. The molecule has 1 N–H and O–H groups in total. The van der Waals surface area contributed by atoms with Crippen LogP contribution in [0.2, 0.25) is 0 Å². The summed E-state index contributed by atoms with van der Waals surface area (Å²) in [5.41, 5.74) is 3.20. The molecule has 1 heterocycles. The van der Waals surface area contributed by atoms with E-state index in [1.807, 2.05) is 6.20 Å². The zero-order valence-electron chi connectivity index (χ0n) is 14.3. The standard InChI is InChI=1S/C20H27N3.ClH/c1-3-7-18(8-4-1)20(11-12-20)16-21-13-17-14-22-23(15-17)19-9-5-2-6-10-19;/h1,3-4,7-8,14-15,19,21H,2,5-6,9-13,16H2;1H. The van der Waals surface area contributed by atoms with Crippen LogP contribution in [0.5, 0.6) is 0 Å². The molecule has 2 saturated carbocycles. The highest BCUT2D eigenvalue weighted by molar-refractivity contribution is 5.85. The lowest BCUT2D eigenvalue weighted by Gasteiger charge is -2.21. The summed E-state index contributed by atoms with van der Waals surface area (Å²) in [7, 11) is 0. The minimum Gasteiger partial charge on any atom is -0.312 e. The highest BCUT2D eigenvalue weighted by atomic mass is 35.5. The van der Waals surface area contributed by atoms with Crippen LogP contribution in [0.1, 0.15) is 62.1 Å². The van der Waals surface area contributed by atoms with E-state index in [-0.39, 0.29) is 12.4 Å². The Bertz CT molecular complexity index is 627. The van der Waals surface area contributed by atoms with Gasteiger partial charge in [-0.25, -0.2) is 0 Å². The van der Waals surface area contributed by atoms with Crippen LogP contribution in [0.15, 0.2) is 42.7 Å². The quantitative estimate of drug-likeness (QED) is 0.827. The highest BCUT2D eigenvalue weighted by Crippen LogP contribution is 2.47. The molecule has 24 heavy (non-hydrogen) atoms. The molecule has 0 radical (unpaired) electrons. The van der Waals surface area contributed by atoms with Crippen LogP contribution in [-0.2, 0) is 12.0 Å². The molecule has 0 spiro atoms. The van der Waals surface area contributed by atoms with Crippen molar-refractivity contribution in [1.29, 1.82) is 0 Å². The third-order valence-electron chi connectivity index (χ3n) is 5.64. The van der Waals surface area contributed by atoms with E-state index in [0.29, 0.717) is 11.5 Å². The average Bonchev–Trinajstić information content (AvgIpc) is 3.26. The Morgan fingerprint density at radius 2 is 1.83 bits per heavy atom. The van der Waals surface area contributed by atoms with Crippen molar-refractivity contribution in [3.63, 3.8) is 0 Å². The van der Waals surface area contributed by atoms with Gasteiger partial charge in [0, 0.05) is 30.3 Å². The first-order valence-electron chi connectivity index (χ1n) is 9.15. The van der Waals surface area contributed by atoms with Crippen LogP contribution >= 0.6 is 12.4 Å². The van der Waals surface area contributed by atoms with Gasteiger partial charge in [0.05, 0.1) is 12.2 Å². The molecular weight excluding hydrogens is 318 g/mol. The Kier molecular flexibility index (Phi) is 5.62. The molecule has 3 nitrogen and oxygen atoms in total. The Labute approximate surface area is 151 Å². The molecule has 130 valence electrons. The molecule has 1 aromatic carbocycles. The number of hydrogen-bond acceptors (Lipinski definition) is 2. The molecule has 0 atom stereocenters. The van der Waals surface area contributed by atoms with Gasteiger partial charge in [0.25, 0.3) is 0 Å². The molecule has 4 heteroatoms. The van der Waals surface area contributed by atoms with Crippen LogP contribution in [0.3, 0.4) is 0 Å². The lowest BCUT2D eigenvalue weighted by Crippen LogP contribution is -2.26. The fraction of sp³-hybridized carbons (Fsp3) is 0.550. The van der Waals surface area contributed by atoms with E-state index in [2.05, 4.69) is 51.6 Å². The van der Waals surface area contributed by atoms with Gasteiger partial charge in [-0.05, 0) is 31.2 Å². The Morgan fingerprint density at radius 1 is 1.08 bits per heavy atom. The number of nitrogens with one attached hydrogen (secondary N) is 1. The number of nitrogens with zero attached hydrogens (tertiary/aromatic N) is 2. The van der Waals surface area contributed by atoms with Crippen LogP contribution in [-0.4, -0.2) is 16.3 Å². The van der Waals surface area contributed by atoms with Crippen molar-refractivity contribution >= 4 is 12.4 Å². The van der Waals surface area contributed by atoms with Crippen molar-refractivity contribution in [2.75, 3.05) is 6.54 Å². The van der Waals surface area contributed by atoms with Crippen molar-refractivity contribution in [2.45, 2.75) is 62.9 Å². The van der Waals surface area contributed by atoms with Gasteiger partial charge in [-0.1, -0.05) is 49.6 Å². The largest absolute Gasteiger partial charge is 0.312 e. The van der Waals surface area contributed by atoms with Gasteiger partial charge in [-0.3, -0.25) is 4.68 Å². The Balaban J connectivity index is 0.00000169. The van der Waals surface area contributed by atoms with Crippen molar-refractivity contribution in [3.05, 3.63) is 53.9 Å². The van der Waals surface area contributed by atoms with E-state index < -0.39 is 0 Å². The number of aromatic nitrogens is 2. The van der Waals surface area contributed by atoms with Gasteiger partial charge < -0.3 is 5.32 Å². The molecule has 1 aromatic heterocycles. The molecule has 0 unspecified atom stereocenters. The lowest BCUT2D eigenvalue weighted by molar-refractivity contribution is 0.329. The smallest absolute Gasteiger partial charge is 0.0534 e. The Hall–Kier alpha value is -1.32. The second-order valence-corrected chi connectivity index (χ2v) is 7.37. The van der Waals surface area contributed by atoms with Crippen molar-refractivity contribution < 1.29 is 0 Å². The third-order valence-corrected chi connectivity index (χ3v) is 5.64. The summed E-state index contributed by atoms with van der Waals surface area (Å²) < 4.78 is 2.21. The van der Waals surface area contributed by atoms with E-state index in [1.54, 1.807) is 0 Å².